The fourth-order valence-corrected chi connectivity index (χ4v) is 1.57. The molecule has 0 radical (unpaired) electrons. The summed E-state index contributed by atoms with van der Waals surface area (Å²) in [6.07, 6.45) is 0.490. The van der Waals surface area contributed by atoms with Crippen molar-refractivity contribution in [2.24, 2.45) is 0 Å². The zero-order valence-corrected chi connectivity index (χ0v) is 9.25. The van der Waals surface area contributed by atoms with Crippen molar-refractivity contribution in [3.63, 3.8) is 0 Å². The molecule has 0 aromatic heterocycles. The molecule has 16 heavy (non-hydrogen) atoms. The van der Waals surface area contributed by atoms with Crippen LogP contribution < -0.4 is 16.0 Å². The zero-order chi connectivity index (χ0) is 12.0. The molecule has 7 heteroatoms. The molecule has 2 unspecified atom stereocenters. The lowest BCUT2D eigenvalue weighted by atomic mass is 10.2. The van der Waals surface area contributed by atoms with E-state index in [4.69, 9.17) is 15.3 Å². The van der Waals surface area contributed by atoms with E-state index in [0.29, 0.717) is 26.1 Å². The molecule has 0 aromatic rings. The van der Waals surface area contributed by atoms with Gasteiger partial charge in [-0.3, -0.25) is 10.2 Å². The van der Waals surface area contributed by atoms with Gasteiger partial charge in [0.05, 0.1) is 6.61 Å². The van der Waals surface area contributed by atoms with Crippen LogP contribution in [0.5, 0.6) is 0 Å². The summed E-state index contributed by atoms with van der Waals surface area (Å²) in [5.41, 5.74) is 0. The average Bonchev–Trinajstić information content (AvgIpc) is 2.66. The molecule has 0 bridgehead atoms. The summed E-state index contributed by atoms with van der Waals surface area (Å²) in [6, 6.07) is -0.520. The molecule has 1 rings (SSSR count). The fourth-order valence-electron chi connectivity index (χ4n) is 1.57. The second-order valence-electron chi connectivity index (χ2n) is 3.67. The highest BCUT2D eigenvalue weighted by Crippen LogP contribution is 2.06. The van der Waals surface area contributed by atoms with Crippen molar-refractivity contribution < 1.29 is 14.6 Å². The maximum atomic E-state index is 10.7. The molecule has 1 heterocycles. The van der Waals surface area contributed by atoms with E-state index in [0.717, 1.165) is 0 Å². The Kier molecular flexibility index (Phi) is 5.00. The van der Waals surface area contributed by atoms with Crippen LogP contribution in [0.25, 0.3) is 0 Å². The summed E-state index contributed by atoms with van der Waals surface area (Å²) >= 11 is 0. The number of carboxylic acids is 1. The van der Waals surface area contributed by atoms with Crippen molar-refractivity contribution in [3.8, 4) is 0 Å². The van der Waals surface area contributed by atoms with Gasteiger partial charge in [0.1, 0.15) is 6.04 Å². The summed E-state index contributed by atoms with van der Waals surface area (Å²) in [7, 11) is 1.59. The summed E-state index contributed by atoms with van der Waals surface area (Å²) in [6.45, 7) is 1.65. The Bertz CT molecular complexity index is 259. The minimum Gasteiger partial charge on any atom is -0.480 e. The first-order chi connectivity index (χ1) is 7.63. The maximum Gasteiger partial charge on any atom is 0.320 e. The second kappa shape index (κ2) is 6.29. The molecule has 7 nitrogen and oxygen atoms in total. The van der Waals surface area contributed by atoms with E-state index < -0.39 is 12.0 Å². The number of rotatable bonds is 5. The predicted molar refractivity (Wildman–Crippen MR) is 58.6 cm³/mol. The fraction of sp³-hybridized carbons (Fsp3) is 0.778. The molecule has 0 aromatic carbocycles. The lowest BCUT2D eigenvalue weighted by molar-refractivity contribution is -0.139. The molecule has 2 atom stereocenters. The van der Waals surface area contributed by atoms with Gasteiger partial charge < -0.3 is 25.8 Å². The Morgan fingerprint density at radius 3 is 3.00 bits per heavy atom. The Morgan fingerprint density at radius 2 is 2.44 bits per heavy atom. The van der Waals surface area contributed by atoms with Gasteiger partial charge in [-0.05, 0) is 6.42 Å². The van der Waals surface area contributed by atoms with Gasteiger partial charge in [0.25, 0.3) is 0 Å². The van der Waals surface area contributed by atoms with Gasteiger partial charge in [-0.2, -0.15) is 0 Å². The van der Waals surface area contributed by atoms with Crippen molar-refractivity contribution in [1.29, 1.82) is 5.41 Å². The van der Waals surface area contributed by atoms with Crippen LogP contribution in [0.15, 0.2) is 0 Å². The highest BCUT2D eigenvalue weighted by molar-refractivity contribution is 5.77. The van der Waals surface area contributed by atoms with Crippen molar-refractivity contribution >= 4 is 11.9 Å². The smallest absolute Gasteiger partial charge is 0.320 e. The van der Waals surface area contributed by atoms with Gasteiger partial charge in [-0.25, -0.2) is 0 Å². The number of ether oxygens (including phenoxy) is 1. The van der Waals surface area contributed by atoms with Crippen LogP contribution in [0.1, 0.15) is 6.42 Å². The topological polar surface area (TPSA) is 106 Å². The highest BCUT2D eigenvalue weighted by atomic mass is 16.5. The SMILES string of the molecule is COCCNC(=N)NC1CNC(C(=O)O)C1. The number of guanidine groups is 1. The standard InChI is InChI=1S/C9H18N4O3/c1-16-3-2-11-9(10)13-6-4-7(8(14)15)12-5-6/h6-7,12H,2-5H2,1H3,(H,14,15)(H3,10,11,13). The van der Waals surface area contributed by atoms with Gasteiger partial charge >= 0.3 is 5.97 Å². The molecule has 5 N–H and O–H groups in total. The highest BCUT2D eigenvalue weighted by Gasteiger charge is 2.29. The number of methoxy groups -OCH3 is 1. The van der Waals surface area contributed by atoms with Crippen molar-refractivity contribution in [2.75, 3.05) is 26.8 Å². The third-order valence-corrected chi connectivity index (χ3v) is 2.39. The average molecular weight is 230 g/mol. The van der Waals surface area contributed by atoms with E-state index >= 15 is 0 Å². The van der Waals surface area contributed by atoms with Gasteiger partial charge in [0.2, 0.25) is 0 Å². The number of hydrogen-bond acceptors (Lipinski definition) is 4. The molecule has 1 fully saturated rings. The Labute approximate surface area is 94.1 Å². The third-order valence-electron chi connectivity index (χ3n) is 2.39. The van der Waals surface area contributed by atoms with Crippen LogP contribution in [0, 0.1) is 5.41 Å². The minimum absolute atomic E-state index is 0.0105. The largest absolute Gasteiger partial charge is 0.480 e. The summed E-state index contributed by atoms with van der Waals surface area (Å²) in [4.78, 5) is 10.7. The van der Waals surface area contributed by atoms with Crippen LogP contribution in [-0.2, 0) is 9.53 Å². The molecule has 1 aliphatic heterocycles. The number of aliphatic carboxylic acids is 1. The molecule has 0 amide bonds. The van der Waals surface area contributed by atoms with E-state index in [-0.39, 0.29) is 12.0 Å². The number of nitrogens with one attached hydrogen (secondary N) is 4. The van der Waals surface area contributed by atoms with Crippen LogP contribution in [-0.4, -0.2) is 55.9 Å². The first-order valence-electron chi connectivity index (χ1n) is 5.17. The molecule has 0 aliphatic carbocycles. The monoisotopic (exact) mass is 230 g/mol. The maximum absolute atomic E-state index is 10.7. The quantitative estimate of drug-likeness (QED) is 0.225. The van der Waals surface area contributed by atoms with E-state index in [1.807, 2.05) is 0 Å². The van der Waals surface area contributed by atoms with Gasteiger partial charge in [0, 0.05) is 26.2 Å². The van der Waals surface area contributed by atoms with E-state index in [9.17, 15) is 4.79 Å². The zero-order valence-electron chi connectivity index (χ0n) is 9.25. The first kappa shape index (κ1) is 12.7. The Balaban J connectivity index is 2.18. The number of carbonyl (C=O) groups is 1. The predicted octanol–water partition coefficient (Wildman–Crippen LogP) is -1.44. The van der Waals surface area contributed by atoms with Gasteiger partial charge in [0.15, 0.2) is 5.96 Å². The van der Waals surface area contributed by atoms with Crippen LogP contribution in [0.4, 0.5) is 0 Å². The lowest BCUT2D eigenvalue weighted by Crippen LogP contribution is -2.44. The molecular weight excluding hydrogens is 212 g/mol. The summed E-state index contributed by atoms with van der Waals surface area (Å²) < 4.78 is 4.83. The molecule has 0 saturated carbocycles. The van der Waals surface area contributed by atoms with Crippen molar-refractivity contribution in [2.45, 2.75) is 18.5 Å². The van der Waals surface area contributed by atoms with Gasteiger partial charge in [-0.1, -0.05) is 0 Å². The van der Waals surface area contributed by atoms with E-state index in [2.05, 4.69) is 16.0 Å². The Morgan fingerprint density at radius 1 is 1.69 bits per heavy atom. The molecule has 0 spiro atoms. The molecule has 92 valence electrons. The molecular formula is C9H18N4O3. The Hall–Kier alpha value is -1.34. The second-order valence-corrected chi connectivity index (χ2v) is 3.67. The minimum atomic E-state index is -0.844. The molecule has 1 saturated heterocycles. The van der Waals surface area contributed by atoms with Crippen molar-refractivity contribution in [1.82, 2.24) is 16.0 Å². The third kappa shape index (κ3) is 4.03. The van der Waals surface area contributed by atoms with E-state index in [1.165, 1.54) is 0 Å². The normalized spacial score (nSPS) is 24.1. The van der Waals surface area contributed by atoms with Crippen LogP contribution in [0.2, 0.25) is 0 Å². The molecule has 1 aliphatic rings. The van der Waals surface area contributed by atoms with Crippen LogP contribution in [0.3, 0.4) is 0 Å². The summed E-state index contributed by atoms with van der Waals surface area (Å²) in [5.74, 6) is -0.641. The number of carboxylic acid groups (broad SMARTS) is 1. The number of hydrogen-bond donors (Lipinski definition) is 5. The van der Waals surface area contributed by atoms with E-state index in [1.54, 1.807) is 7.11 Å². The van der Waals surface area contributed by atoms with Gasteiger partial charge in [-0.15, -0.1) is 0 Å². The first-order valence-corrected chi connectivity index (χ1v) is 5.17. The van der Waals surface area contributed by atoms with Crippen molar-refractivity contribution in [3.05, 3.63) is 0 Å². The summed E-state index contributed by atoms with van der Waals surface area (Å²) in [5, 5.41) is 24.9. The lowest BCUT2D eigenvalue weighted by Gasteiger charge is -2.14. The van der Waals surface area contributed by atoms with Crippen LogP contribution >= 0.6 is 0 Å².